The van der Waals surface area contributed by atoms with E-state index in [0.29, 0.717) is 16.5 Å². The summed E-state index contributed by atoms with van der Waals surface area (Å²) in [5, 5.41) is 26.9. The summed E-state index contributed by atoms with van der Waals surface area (Å²) in [6, 6.07) is 15.2. The SMILES string of the molecule is N=CC1=C(N2CCCC2)NC(SCc2csc(-c3ccc(Cl)cc3)n2)C(C=N)=C1c1ccc(OCCOC(=O)CNN=N)cc1. The van der Waals surface area contributed by atoms with E-state index in [1.54, 1.807) is 23.1 Å². The molecule has 45 heavy (non-hydrogen) atoms. The van der Waals surface area contributed by atoms with E-state index in [1.165, 1.54) is 12.4 Å². The molecule has 1 saturated heterocycles. The lowest BCUT2D eigenvalue weighted by molar-refractivity contribution is -0.143. The molecule has 11 nitrogen and oxygen atoms in total. The molecule has 234 valence electrons. The van der Waals surface area contributed by atoms with Crippen LogP contribution in [0.15, 0.2) is 76.1 Å². The van der Waals surface area contributed by atoms with Crippen LogP contribution in [0.4, 0.5) is 0 Å². The molecule has 3 aromatic rings. The second-order valence-electron chi connectivity index (χ2n) is 10.1. The summed E-state index contributed by atoms with van der Waals surface area (Å²) in [5.41, 5.74) is 14.1. The molecule has 2 aliphatic rings. The Hall–Kier alpha value is -4.20. The van der Waals surface area contributed by atoms with Crippen molar-refractivity contribution in [2.45, 2.75) is 24.0 Å². The van der Waals surface area contributed by atoms with Crippen LogP contribution >= 0.6 is 34.7 Å². The monoisotopic (exact) mass is 664 g/mol. The molecule has 0 bridgehead atoms. The third-order valence-electron chi connectivity index (χ3n) is 7.19. The Labute approximate surface area is 274 Å². The fourth-order valence-electron chi connectivity index (χ4n) is 5.08. The predicted octanol–water partition coefficient (Wildman–Crippen LogP) is 6.14. The molecule has 0 aliphatic carbocycles. The number of halogens is 1. The zero-order valence-corrected chi connectivity index (χ0v) is 26.7. The molecule has 1 unspecified atom stereocenters. The topological polar surface area (TPSA) is 160 Å². The predicted molar refractivity (Wildman–Crippen MR) is 179 cm³/mol. The second kappa shape index (κ2) is 15.7. The summed E-state index contributed by atoms with van der Waals surface area (Å²) >= 11 is 9.32. The van der Waals surface area contributed by atoms with Gasteiger partial charge in [-0.1, -0.05) is 41.1 Å². The van der Waals surface area contributed by atoms with Gasteiger partial charge in [0.05, 0.1) is 5.69 Å². The van der Waals surface area contributed by atoms with Crippen LogP contribution in [0.3, 0.4) is 0 Å². The van der Waals surface area contributed by atoms with Gasteiger partial charge in [0, 0.05) is 64.0 Å². The Bertz CT molecular complexity index is 1580. The molecule has 1 atom stereocenters. The number of hydrogen-bond acceptors (Lipinski definition) is 12. The molecular weight excluding hydrogens is 632 g/mol. The number of carbonyl (C=O) groups is 1. The largest absolute Gasteiger partial charge is 0.490 e. The van der Waals surface area contributed by atoms with Crippen molar-refractivity contribution in [1.29, 1.82) is 16.3 Å². The number of dihydropyridines is 1. The first-order valence-corrected chi connectivity index (χ1v) is 16.6. The lowest BCUT2D eigenvalue weighted by Crippen LogP contribution is -2.41. The quantitative estimate of drug-likeness (QED) is 0.0426. The highest BCUT2D eigenvalue weighted by Gasteiger charge is 2.32. The van der Waals surface area contributed by atoms with E-state index in [0.717, 1.165) is 70.3 Å². The third-order valence-corrected chi connectivity index (χ3v) is 9.55. The maximum atomic E-state index is 11.6. The Morgan fingerprint density at radius 3 is 2.53 bits per heavy atom. The molecule has 1 aromatic heterocycles. The van der Waals surface area contributed by atoms with Crippen molar-refractivity contribution in [3.63, 3.8) is 0 Å². The van der Waals surface area contributed by atoms with Crippen molar-refractivity contribution < 1.29 is 14.3 Å². The molecule has 5 N–H and O–H groups in total. The van der Waals surface area contributed by atoms with Crippen LogP contribution in [0, 0.1) is 16.3 Å². The smallest absolute Gasteiger partial charge is 0.327 e. The number of ether oxygens (including phenoxy) is 2. The van der Waals surface area contributed by atoms with Crippen molar-refractivity contribution in [2.75, 3.05) is 32.8 Å². The minimum absolute atomic E-state index is 0.0635. The molecular formula is C31H33ClN8O3S2. The van der Waals surface area contributed by atoms with Gasteiger partial charge < -0.3 is 30.5 Å². The van der Waals surface area contributed by atoms with Crippen LogP contribution in [0.5, 0.6) is 5.75 Å². The molecule has 5 rings (SSSR count). The summed E-state index contributed by atoms with van der Waals surface area (Å²) in [7, 11) is 0. The van der Waals surface area contributed by atoms with Gasteiger partial charge in [0.15, 0.2) is 0 Å². The third kappa shape index (κ3) is 8.10. The number of benzene rings is 2. The van der Waals surface area contributed by atoms with Gasteiger partial charge in [0.1, 0.15) is 41.7 Å². The van der Waals surface area contributed by atoms with Crippen molar-refractivity contribution in [3.05, 3.63) is 87.2 Å². The minimum Gasteiger partial charge on any atom is -0.490 e. The zero-order chi connectivity index (χ0) is 31.6. The first kappa shape index (κ1) is 32.2. The van der Waals surface area contributed by atoms with Crippen molar-refractivity contribution in [2.24, 2.45) is 5.22 Å². The summed E-state index contributed by atoms with van der Waals surface area (Å²) in [4.78, 5) is 18.7. The zero-order valence-electron chi connectivity index (χ0n) is 24.3. The maximum Gasteiger partial charge on any atom is 0.327 e. The van der Waals surface area contributed by atoms with Crippen LogP contribution in [0.2, 0.25) is 5.02 Å². The number of nitrogens with one attached hydrogen (secondary N) is 5. The average Bonchev–Trinajstić information content (AvgIpc) is 3.78. The molecule has 2 aromatic carbocycles. The van der Waals surface area contributed by atoms with E-state index in [9.17, 15) is 4.79 Å². The maximum absolute atomic E-state index is 11.6. The summed E-state index contributed by atoms with van der Waals surface area (Å²) in [6.07, 6.45) is 4.94. The Morgan fingerprint density at radius 1 is 1.11 bits per heavy atom. The highest BCUT2D eigenvalue weighted by Crippen LogP contribution is 2.39. The van der Waals surface area contributed by atoms with Gasteiger partial charge in [-0.25, -0.2) is 4.98 Å². The molecule has 2 aliphatic heterocycles. The summed E-state index contributed by atoms with van der Waals surface area (Å²) in [5.74, 6) is 1.64. The van der Waals surface area contributed by atoms with Crippen molar-refractivity contribution >= 4 is 58.7 Å². The highest BCUT2D eigenvalue weighted by molar-refractivity contribution is 7.99. The highest BCUT2D eigenvalue weighted by atomic mass is 35.5. The average molecular weight is 665 g/mol. The van der Waals surface area contributed by atoms with Crippen molar-refractivity contribution in [1.82, 2.24) is 20.6 Å². The van der Waals surface area contributed by atoms with E-state index < -0.39 is 5.97 Å². The number of nitrogens with zero attached hydrogens (tertiary/aromatic N) is 3. The number of allylic oxidation sites excluding steroid dienone is 2. The number of thioether (sulfide) groups is 1. The van der Waals surface area contributed by atoms with Gasteiger partial charge in [-0.3, -0.25) is 10.2 Å². The number of aromatic nitrogens is 1. The van der Waals surface area contributed by atoms with Crippen LogP contribution in [-0.4, -0.2) is 66.5 Å². The number of hydrogen-bond donors (Lipinski definition) is 5. The van der Waals surface area contributed by atoms with Crippen LogP contribution < -0.4 is 15.5 Å². The molecule has 0 spiro atoms. The summed E-state index contributed by atoms with van der Waals surface area (Å²) < 4.78 is 10.8. The molecule has 0 radical (unpaired) electrons. The number of likely N-dealkylation sites (tertiary alicyclic amines) is 1. The number of carbonyl (C=O) groups excluding carboxylic acids is 1. The molecule has 0 amide bonds. The molecule has 14 heteroatoms. The lowest BCUT2D eigenvalue weighted by atomic mass is 9.90. The van der Waals surface area contributed by atoms with Crippen LogP contribution in [0.1, 0.15) is 24.1 Å². The van der Waals surface area contributed by atoms with E-state index in [4.69, 9.17) is 42.4 Å². The van der Waals surface area contributed by atoms with Gasteiger partial charge in [0.25, 0.3) is 0 Å². The van der Waals surface area contributed by atoms with E-state index in [-0.39, 0.29) is 25.1 Å². The number of esters is 1. The second-order valence-corrected chi connectivity index (χ2v) is 12.5. The standard InChI is InChI=1S/C31H33ClN8O3S2/c32-22-7-3-21(4-8-22)30-37-23(18-44-30)19-45-31-26(16-34)28(25(15-33)29(38-31)40-11-1-2-12-40)20-5-9-24(10-6-20)42-13-14-43-27(41)17-36-39-35/h3-10,15-16,18,31,33-34,38H,1-2,11-14,17,19H2,(H2,35,36). The van der Waals surface area contributed by atoms with E-state index in [1.807, 2.05) is 48.5 Å². The number of thiazole rings is 1. The molecule has 3 heterocycles. The van der Waals surface area contributed by atoms with Crippen LogP contribution in [-0.2, 0) is 15.3 Å². The molecule has 1 fully saturated rings. The van der Waals surface area contributed by atoms with Gasteiger partial charge in [-0.15, -0.1) is 23.1 Å². The normalized spacial score (nSPS) is 16.3. The Balaban J connectivity index is 1.34. The first-order valence-electron chi connectivity index (χ1n) is 14.3. The van der Waals surface area contributed by atoms with Crippen LogP contribution in [0.25, 0.3) is 16.1 Å². The van der Waals surface area contributed by atoms with E-state index >= 15 is 0 Å². The van der Waals surface area contributed by atoms with E-state index in [2.05, 4.69) is 26.2 Å². The fraction of sp³-hybridized carbons (Fsp3) is 0.290. The van der Waals surface area contributed by atoms with Gasteiger partial charge in [0.2, 0.25) is 0 Å². The molecule has 0 saturated carbocycles. The minimum atomic E-state index is -0.522. The van der Waals surface area contributed by atoms with Crippen molar-refractivity contribution in [3.8, 4) is 16.3 Å². The Kier molecular flexibility index (Phi) is 11.2. The van der Waals surface area contributed by atoms with Gasteiger partial charge in [-0.05, 0) is 42.7 Å². The summed E-state index contributed by atoms with van der Waals surface area (Å²) in [6.45, 7) is 1.88. The van der Waals surface area contributed by atoms with Gasteiger partial charge in [-0.2, -0.15) is 5.53 Å². The van der Waals surface area contributed by atoms with Gasteiger partial charge >= 0.3 is 5.97 Å². The fourth-order valence-corrected chi connectivity index (χ4v) is 7.19. The first-order chi connectivity index (χ1) is 22.0. The Morgan fingerprint density at radius 2 is 1.84 bits per heavy atom. The lowest BCUT2D eigenvalue weighted by Gasteiger charge is -2.35. The number of rotatable bonds is 15.